The number of allylic oxidation sites excluding steroid dienone is 1. The molecule has 29 heavy (non-hydrogen) atoms. The first-order valence-corrected chi connectivity index (χ1v) is 9.93. The number of hydrogen-bond donors (Lipinski definition) is 1. The molecule has 0 aromatic heterocycles. The lowest BCUT2D eigenvalue weighted by Crippen LogP contribution is -2.39. The number of rotatable bonds is 1. The quantitative estimate of drug-likeness (QED) is 0.659. The van der Waals surface area contributed by atoms with Crippen LogP contribution in [0.25, 0.3) is 0 Å². The summed E-state index contributed by atoms with van der Waals surface area (Å²) in [6, 6.07) is 10.8. The highest BCUT2D eigenvalue weighted by atomic mass is 35.5. The fourth-order valence-electron chi connectivity index (χ4n) is 4.38. The van der Waals surface area contributed by atoms with Crippen molar-refractivity contribution in [2.45, 2.75) is 39.7 Å². The second kappa shape index (κ2) is 6.99. The molecule has 2 aromatic rings. The third-order valence-electron chi connectivity index (χ3n) is 5.51. The van der Waals surface area contributed by atoms with Crippen molar-refractivity contribution in [2.24, 2.45) is 5.41 Å². The van der Waals surface area contributed by atoms with E-state index in [1.807, 2.05) is 32.0 Å². The zero-order valence-electron chi connectivity index (χ0n) is 16.6. The second-order valence-electron chi connectivity index (χ2n) is 8.40. The summed E-state index contributed by atoms with van der Waals surface area (Å²) < 4.78 is 15.0. The smallest absolute Gasteiger partial charge is 0.224 e. The Morgan fingerprint density at radius 1 is 1.17 bits per heavy atom. The molecule has 2 aromatic carbocycles. The summed E-state index contributed by atoms with van der Waals surface area (Å²) in [6.45, 7) is 5.48. The second-order valence-corrected chi connectivity index (χ2v) is 8.81. The van der Waals surface area contributed by atoms with E-state index in [4.69, 9.17) is 11.6 Å². The fraction of sp³-hybridized carbons (Fsp3) is 0.304. The molecule has 1 N–H and O–H groups in total. The van der Waals surface area contributed by atoms with E-state index in [1.165, 1.54) is 24.0 Å². The Morgan fingerprint density at radius 3 is 2.59 bits per heavy atom. The number of anilines is 2. The molecule has 6 heteroatoms. The highest BCUT2D eigenvalue weighted by Gasteiger charge is 2.44. The van der Waals surface area contributed by atoms with Gasteiger partial charge in [-0.1, -0.05) is 43.6 Å². The number of carbonyl (C=O) groups is 2. The van der Waals surface area contributed by atoms with Crippen LogP contribution in [0, 0.1) is 11.2 Å². The van der Waals surface area contributed by atoms with Crippen LogP contribution in [-0.2, 0) is 9.59 Å². The van der Waals surface area contributed by atoms with Crippen LogP contribution in [0.4, 0.5) is 15.8 Å². The number of nitrogens with one attached hydrogen (secondary N) is 1. The average molecular weight is 413 g/mol. The number of para-hydroxylation sites is 2. The maximum atomic E-state index is 15.0. The van der Waals surface area contributed by atoms with Gasteiger partial charge in [-0.05, 0) is 36.1 Å². The lowest BCUT2D eigenvalue weighted by molar-refractivity contribution is -0.118. The van der Waals surface area contributed by atoms with E-state index in [1.54, 1.807) is 12.1 Å². The minimum atomic E-state index is -0.934. The Balaban J connectivity index is 2.07. The maximum absolute atomic E-state index is 15.0. The Morgan fingerprint density at radius 2 is 1.90 bits per heavy atom. The van der Waals surface area contributed by atoms with E-state index < -0.39 is 11.9 Å². The number of hydrogen-bond acceptors (Lipinski definition) is 3. The normalized spacial score (nSPS) is 20.5. The Hall–Kier alpha value is -2.66. The van der Waals surface area contributed by atoms with Crippen LogP contribution < -0.4 is 10.2 Å². The Bertz CT molecular complexity index is 1040. The largest absolute Gasteiger partial charge is 0.357 e. The molecule has 1 unspecified atom stereocenters. The van der Waals surface area contributed by atoms with Gasteiger partial charge in [0.1, 0.15) is 5.82 Å². The number of carbonyl (C=O) groups excluding carboxylic acids is 2. The maximum Gasteiger partial charge on any atom is 0.224 e. The van der Waals surface area contributed by atoms with Crippen LogP contribution in [0.2, 0.25) is 5.02 Å². The summed E-state index contributed by atoms with van der Waals surface area (Å²) in [4.78, 5) is 27.6. The lowest BCUT2D eigenvalue weighted by atomic mass is 9.73. The molecule has 0 spiro atoms. The SMILES string of the molecule is CC(=O)N1c2ccccc2NC2=C(C(=O)CC(C)(C)C2)C1c1c(F)cccc1Cl. The predicted octanol–water partition coefficient (Wildman–Crippen LogP) is 5.64. The lowest BCUT2D eigenvalue weighted by Gasteiger charge is -2.37. The number of ketones is 1. The van der Waals surface area contributed by atoms with Crippen molar-refractivity contribution in [3.05, 3.63) is 70.1 Å². The van der Waals surface area contributed by atoms with Gasteiger partial charge in [0.15, 0.2) is 5.78 Å². The summed E-state index contributed by atoms with van der Waals surface area (Å²) in [5.74, 6) is -0.945. The van der Waals surface area contributed by atoms with Crippen molar-refractivity contribution in [1.29, 1.82) is 0 Å². The monoisotopic (exact) mass is 412 g/mol. The van der Waals surface area contributed by atoms with Crippen LogP contribution in [0.3, 0.4) is 0 Å². The summed E-state index contributed by atoms with van der Waals surface area (Å²) in [6.07, 6.45) is 0.925. The molecule has 150 valence electrons. The van der Waals surface area contributed by atoms with Gasteiger partial charge >= 0.3 is 0 Å². The molecule has 4 rings (SSSR count). The third-order valence-corrected chi connectivity index (χ3v) is 5.84. The Labute approximate surface area is 174 Å². The molecule has 0 radical (unpaired) electrons. The molecular weight excluding hydrogens is 391 g/mol. The van der Waals surface area contributed by atoms with Crippen molar-refractivity contribution >= 4 is 34.7 Å². The van der Waals surface area contributed by atoms with Gasteiger partial charge in [0.2, 0.25) is 5.91 Å². The average Bonchev–Trinajstić information content (AvgIpc) is 2.74. The van der Waals surface area contributed by atoms with E-state index in [2.05, 4.69) is 5.32 Å². The fourth-order valence-corrected chi connectivity index (χ4v) is 4.65. The molecule has 4 nitrogen and oxygen atoms in total. The van der Waals surface area contributed by atoms with E-state index >= 15 is 4.39 Å². The van der Waals surface area contributed by atoms with Gasteiger partial charge < -0.3 is 5.32 Å². The van der Waals surface area contributed by atoms with Gasteiger partial charge in [-0.25, -0.2) is 4.39 Å². The van der Waals surface area contributed by atoms with Crippen molar-refractivity contribution in [3.8, 4) is 0 Å². The first-order chi connectivity index (χ1) is 13.7. The highest BCUT2D eigenvalue weighted by molar-refractivity contribution is 6.31. The first kappa shape index (κ1) is 19.6. The summed E-state index contributed by atoms with van der Waals surface area (Å²) in [5, 5.41) is 3.56. The molecule has 1 amide bonds. The van der Waals surface area contributed by atoms with Crippen molar-refractivity contribution < 1.29 is 14.0 Å². The predicted molar refractivity (Wildman–Crippen MR) is 112 cm³/mol. The van der Waals surface area contributed by atoms with E-state index in [-0.39, 0.29) is 27.7 Å². The molecule has 0 bridgehead atoms. The minimum absolute atomic E-state index is 0.105. The van der Waals surface area contributed by atoms with Crippen LogP contribution in [0.1, 0.15) is 45.2 Å². The molecule has 1 heterocycles. The molecule has 0 saturated heterocycles. The molecule has 2 aliphatic rings. The topological polar surface area (TPSA) is 49.4 Å². The third kappa shape index (κ3) is 3.33. The van der Waals surface area contributed by atoms with Crippen molar-refractivity contribution in [1.82, 2.24) is 0 Å². The van der Waals surface area contributed by atoms with E-state index in [0.29, 0.717) is 35.5 Å². The number of nitrogens with zero attached hydrogens (tertiary/aromatic N) is 1. The van der Waals surface area contributed by atoms with Gasteiger partial charge in [0, 0.05) is 35.2 Å². The Kier molecular flexibility index (Phi) is 4.74. The molecule has 1 aliphatic carbocycles. The van der Waals surface area contributed by atoms with Gasteiger partial charge in [-0.2, -0.15) is 0 Å². The van der Waals surface area contributed by atoms with Gasteiger partial charge in [0.05, 0.1) is 17.4 Å². The van der Waals surface area contributed by atoms with Crippen LogP contribution >= 0.6 is 11.6 Å². The number of benzene rings is 2. The molecular formula is C23H22ClFN2O2. The van der Waals surface area contributed by atoms with Gasteiger partial charge in [-0.3, -0.25) is 14.5 Å². The summed E-state index contributed by atoms with van der Waals surface area (Å²) in [7, 11) is 0. The highest BCUT2D eigenvalue weighted by Crippen LogP contribution is 2.49. The molecule has 1 aliphatic heterocycles. The minimum Gasteiger partial charge on any atom is -0.357 e. The molecule has 1 atom stereocenters. The van der Waals surface area contributed by atoms with Crippen molar-refractivity contribution in [2.75, 3.05) is 10.2 Å². The molecule has 0 fully saturated rings. The van der Waals surface area contributed by atoms with Crippen LogP contribution in [0.5, 0.6) is 0 Å². The number of fused-ring (bicyclic) bond motifs is 1. The summed E-state index contributed by atoms with van der Waals surface area (Å²) >= 11 is 6.42. The number of amides is 1. The van der Waals surface area contributed by atoms with Gasteiger partial charge in [0.25, 0.3) is 0 Å². The van der Waals surface area contributed by atoms with Crippen LogP contribution in [-0.4, -0.2) is 11.7 Å². The zero-order chi connectivity index (χ0) is 20.9. The van der Waals surface area contributed by atoms with E-state index in [9.17, 15) is 9.59 Å². The van der Waals surface area contributed by atoms with E-state index in [0.717, 1.165) is 0 Å². The van der Waals surface area contributed by atoms with Gasteiger partial charge in [-0.15, -0.1) is 0 Å². The number of Topliss-reactive ketones (excluding diaryl/α,β-unsaturated/α-hetero) is 1. The first-order valence-electron chi connectivity index (χ1n) is 9.55. The standard InChI is InChI=1S/C23H22ClFN2O2/c1-13(28)27-18-10-5-4-9-16(18)26-17-11-23(2,3)12-19(29)21(17)22(27)20-14(24)7-6-8-15(20)25/h4-10,22,26H,11-12H2,1-3H3. The van der Waals surface area contributed by atoms with Crippen molar-refractivity contribution in [3.63, 3.8) is 0 Å². The molecule has 0 saturated carbocycles. The summed E-state index contributed by atoms with van der Waals surface area (Å²) in [5.41, 5.74) is 2.31. The number of halogens is 2. The van der Waals surface area contributed by atoms with Crippen LogP contribution in [0.15, 0.2) is 53.7 Å². The zero-order valence-corrected chi connectivity index (χ0v) is 17.3.